The summed E-state index contributed by atoms with van der Waals surface area (Å²) in [5.74, 6) is 1.77. The van der Waals surface area contributed by atoms with Gasteiger partial charge in [0.05, 0.1) is 0 Å². The fourth-order valence-electron chi connectivity index (χ4n) is 0.214. The topological polar surface area (TPSA) is 17.1 Å². The van der Waals surface area contributed by atoms with E-state index >= 15 is 0 Å². The average molecular weight is 95.0 g/mol. The summed E-state index contributed by atoms with van der Waals surface area (Å²) in [6, 6.07) is 0. The molecule has 0 aromatic rings. The normalized spacial score (nSPS) is 27.7. The van der Waals surface area contributed by atoms with Crippen molar-refractivity contribution in [3.63, 3.8) is 0 Å². The number of hydrogen-bond donors (Lipinski definition) is 0. The molecule has 1 rings (SSSR count). The molecule has 3 heteroatoms. The Labute approximate surface area is 49.8 Å². The van der Waals surface area contributed by atoms with Gasteiger partial charge in [-0.2, -0.15) is 0 Å². The molecular formula is C3H5LiOP. The van der Waals surface area contributed by atoms with E-state index in [2.05, 4.69) is 0 Å². The van der Waals surface area contributed by atoms with Gasteiger partial charge in [0.25, 0.3) is 0 Å². The van der Waals surface area contributed by atoms with Crippen LogP contribution in [0.15, 0.2) is 11.9 Å². The van der Waals surface area contributed by atoms with E-state index in [4.69, 9.17) is 0 Å². The molecule has 0 aliphatic carbocycles. The van der Waals surface area contributed by atoms with Crippen molar-refractivity contribution in [2.45, 2.75) is 0 Å². The van der Waals surface area contributed by atoms with Gasteiger partial charge in [0.15, 0.2) is 0 Å². The Bertz CT molecular complexity index is 88.8. The molecule has 1 aliphatic heterocycles. The third-order valence-corrected chi connectivity index (χ3v) is 1.87. The predicted molar refractivity (Wildman–Crippen MR) is 28.8 cm³/mol. The van der Waals surface area contributed by atoms with Gasteiger partial charge >= 0.3 is 0 Å². The van der Waals surface area contributed by atoms with Gasteiger partial charge in [-0.05, 0) is 5.82 Å². The van der Waals surface area contributed by atoms with Gasteiger partial charge in [-0.15, -0.1) is 0 Å². The summed E-state index contributed by atoms with van der Waals surface area (Å²) < 4.78 is 10.00. The van der Waals surface area contributed by atoms with Crippen molar-refractivity contribution in [3.05, 3.63) is 11.9 Å². The molecule has 0 saturated carbocycles. The summed E-state index contributed by atoms with van der Waals surface area (Å²) in [6.07, 6.45) is 2.78. The van der Waals surface area contributed by atoms with Crippen LogP contribution in [-0.2, 0) is 4.57 Å². The Hall–Kier alpha value is 0.567. The summed E-state index contributed by atoms with van der Waals surface area (Å²) >= 11 is 0. The first-order valence-electron chi connectivity index (χ1n) is 1.59. The minimum absolute atomic E-state index is 0. The second kappa shape index (κ2) is 2.69. The zero-order chi connectivity index (χ0) is 3.70. The van der Waals surface area contributed by atoms with Gasteiger partial charge in [0.2, 0.25) is 0 Å². The summed E-state index contributed by atoms with van der Waals surface area (Å²) in [7, 11) is -1.12. The van der Waals surface area contributed by atoms with Gasteiger partial charge < -0.3 is 4.57 Å². The molecule has 0 amide bonds. The van der Waals surface area contributed by atoms with Crippen LogP contribution in [-0.4, -0.2) is 25.0 Å². The van der Waals surface area contributed by atoms with E-state index in [-0.39, 0.29) is 18.9 Å². The molecule has 1 unspecified atom stereocenters. The molecule has 1 aliphatic rings. The zero-order valence-electron chi connectivity index (χ0n) is 3.77. The first kappa shape index (κ1) is 6.57. The fourth-order valence-corrected chi connectivity index (χ4v) is 0.642. The van der Waals surface area contributed by atoms with Crippen LogP contribution in [0.25, 0.3) is 0 Å². The van der Waals surface area contributed by atoms with E-state index in [1.54, 1.807) is 5.82 Å². The molecule has 1 radical (unpaired) electrons. The van der Waals surface area contributed by atoms with Gasteiger partial charge in [0, 0.05) is 25.0 Å². The Kier molecular flexibility index (Phi) is 2.95. The summed E-state index contributed by atoms with van der Waals surface area (Å²) in [5, 5.41) is 0. The van der Waals surface area contributed by atoms with E-state index in [0.717, 1.165) is 6.16 Å². The SMILES string of the molecule is O=[PH]1C=CC1.[Li]. The van der Waals surface area contributed by atoms with Crippen LogP contribution in [0.2, 0.25) is 0 Å². The maximum atomic E-state index is 10.00. The summed E-state index contributed by atoms with van der Waals surface area (Å²) in [4.78, 5) is 0. The molecule has 29 valence electrons. The monoisotopic (exact) mass is 95.0 g/mol. The van der Waals surface area contributed by atoms with Gasteiger partial charge in [0.1, 0.15) is 7.80 Å². The van der Waals surface area contributed by atoms with Crippen molar-refractivity contribution in [2.75, 3.05) is 6.16 Å². The summed E-state index contributed by atoms with van der Waals surface area (Å²) in [5.41, 5.74) is 0. The molecule has 0 saturated heterocycles. The molecule has 1 atom stereocenters. The smallest absolute Gasteiger partial charge is 0.100 e. The van der Waals surface area contributed by atoms with Crippen LogP contribution in [0, 0.1) is 0 Å². The largest absolute Gasteiger partial charge is 0.322 e. The Morgan fingerprint density at radius 3 is 2.00 bits per heavy atom. The second-order valence-electron chi connectivity index (χ2n) is 1.07. The third-order valence-electron chi connectivity index (χ3n) is 0.623. The minimum atomic E-state index is -1.12. The molecule has 0 N–H and O–H groups in total. The molecule has 1 nitrogen and oxygen atoms in total. The van der Waals surface area contributed by atoms with Crippen molar-refractivity contribution in [3.8, 4) is 0 Å². The Morgan fingerprint density at radius 1 is 1.67 bits per heavy atom. The van der Waals surface area contributed by atoms with Crippen LogP contribution in [0.4, 0.5) is 0 Å². The molecule has 0 aromatic carbocycles. The van der Waals surface area contributed by atoms with E-state index < -0.39 is 7.80 Å². The van der Waals surface area contributed by atoms with E-state index in [9.17, 15) is 4.57 Å². The van der Waals surface area contributed by atoms with Gasteiger partial charge in [-0.25, -0.2) is 0 Å². The van der Waals surface area contributed by atoms with Gasteiger partial charge in [-0.1, -0.05) is 6.08 Å². The molecule has 0 bridgehead atoms. The first-order chi connectivity index (χ1) is 2.39. The van der Waals surface area contributed by atoms with Crippen LogP contribution in [0.1, 0.15) is 0 Å². The molecular weight excluding hydrogens is 89.9 g/mol. The van der Waals surface area contributed by atoms with Crippen LogP contribution >= 0.6 is 7.80 Å². The van der Waals surface area contributed by atoms with Crippen LogP contribution in [0.5, 0.6) is 0 Å². The van der Waals surface area contributed by atoms with Crippen LogP contribution in [0.3, 0.4) is 0 Å². The third kappa shape index (κ3) is 1.35. The van der Waals surface area contributed by atoms with Crippen molar-refractivity contribution < 1.29 is 4.57 Å². The van der Waals surface area contributed by atoms with E-state index in [0.29, 0.717) is 0 Å². The maximum Gasteiger partial charge on any atom is 0.100 e. The zero-order valence-corrected chi connectivity index (χ0v) is 4.77. The molecule has 0 fully saturated rings. The second-order valence-corrected chi connectivity index (χ2v) is 2.75. The minimum Gasteiger partial charge on any atom is -0.322 e. The van der Waals surface area contributed by atoms with E-state index in [1.165, 1.54) is 0 Å². The van der Waals surface area contributed by atoms with E-state index in [1.807, 2.05) is 6.08 Å². The quantitative estimate of drug-likeness (QED) is 0.319. The number of hydrogen-bond acceptors (Lipinski definition) is 1. The molecule has 0 spiro atoms. The molecule has 1 heterocycles. The first-order valence-corrected chi connectivity index (χ1v) is 3.28. The standard InChI is InChI=1S/C3H5OP.Li/c4-5-2-1-3-5;/h1-2,5H,3H2;. The summed E-state index contributed by atoms with van der Waals surface area (Å²) in [6.45, 7) is 0. The Balaban J connectivity index is 0.000000250. The average Bonchev–Trinajstić information content (AvgIpc) is 1.30. The Morgan fingerprint density at radius 2 is 2.00 bits per heavy atom. The van der Waals surface area contributed by atoms with Crippen molar-refractivity contribution in [1.29, 1.82) is 0 Å². The number of rotatable bonds is 0. The van der Waals surface area contributed by atoms with Crippen molar-refractivity contribution in [1.82, 2.24) is 0 Å². The maximum absolute atomic E-state index is 10.00. The predicted octanol–water partition coefficient (Wildman–Crippen LogP) is 0.693. The van der Waals surface area contributed by atoms with Crippen LogP contribution < -0.4 is 0 Å². The molecule has 0 aromatic heterocycles. The van der Waals surface area contributed by atoms with Gasteiger partial charge in [-0.3, -0.25) is 0 Å². The fraction of sp³-hybridized carbons (Fsp3) is 0.333. The molecule has 6 heavy (non-hydrogen) atoms. The number of allylic oxidation sites excluding steroid dienone is 1. The van der Waals surface area contributed by atoms with Crippen molar-refractivity contribution in [2.24, 2.45) is 0 Å². The van der Waals surface area contributed by atoms with Crippen molar-refractivity contribution >= 4 is 26.7 Å².